The van der Waals surface area contributed by atoms with Crippen molar-refractivity contribution in [2.75, 3.05) is 0 Å². The fourth-order valence-corrected chi connectivity index (χ4v) is 3.47. The van der Waals surface area contributed by atoms with Gasteiger partial charge in [-0.15, -0.1) is 24.0 Å². The van der Waals surface area contributed by atoms with E-state index in [0.29, 0.717) is 24.1 Å². The SMILES string of the molecule is I.NC(=NCc1cccc(S(=O)(=O)NCc2cccc(F)c2)c1)NC1CC1. The Balaban J connectivity index is 0.00000261. The molecule has 1 aliphatic rings. The first-order valence-electron chi connectivity index (χ1n) is 8.32. The van der Waals surface area contributed by atoms with Gasteiger partial charge in [0.15, 0.2) is 5.96 Å². The Hall–Kier alpha value is -1.72. The van der Waals surface area contributed by atoms with Crippen LogP contribution in [0.1, 0.15) is 24.0 Å². The lowest BCUT2D eigenvalue weighted by molar-refractivity contribution is 0.580. The van der Waals surface area contributed by atoms with E-state index in [2.05, 4.69) is 15.0 Å². The van der Waals surface area contributed by atoms with Crippen molar-refractivity contribution in [2.24, 2.45) is 10.7 Å². The number of nitrogens with one attached hydrogen (secondary N) is 2. The van der Waals surface area contributed by atoms with Gasteiger partial charge in [0, 0.05) is 12.6 Å². The highest BCUT2D eigenvalue weighted by Crippen LogP contribution is 2.18. The summed E-state index contributed by atoms with van der Waals surface area (Å²) >= 11 is 0. The van der Waals surface area contributed by atoms with Crippen LogP contribution in [-0.2, 0) is 23.1 Å². The van der Waals surface area contributed by atoms with Gasteiger partial charge in [0.2, 0.25) is 10.0 Å². The van der Waals surface area contributed by atoms with Crippen molar-refractivity contribution in [1.29, 1.82) is 0 Å². The monoisotopic (exact) mass is 504 g/mol. The predicted molar refractivity (Wildman–Crippen MR) is 114 cm³/mol. The number of benzene rings is 2. The second kappa shape index (κ2) is 9.47. The minimum Gasteiger partial charge on any atom is -0.370 e. The molecule has 0 unspecified atom stereocenters. The minimum absolute atomic E-state index is 0. The van der Waals surface area contributed by atoms with E-state index in [9.17, 15) is 12.8 Å². The molecular formula is C18H22FIN4O2S. The molecule has 3 rings (SSSR count). The summed E-state index contributed by atoms with van der Waals surface area (Å²) in [4.78, 5) is 4.36. The number of nitrogens with two attached hydrogens (primary N) is 1. The van der Waals surface area contributed by atoms with Crippen LogP contribution in [0, 0.1) is 5.82 Å². The fourth-order valence-electron chi connectivity index (χ4n) is 2.38. The third-order valence-electron chi connectivity index (χ3n) is 3.93. The van der Waals surface area contributed by atoms with Crippen molar-refractivity contribution in [3.05, 3.63) is 65.5 Å². The van der Waals surface area contributed by atoms with Crippen LogP contribution < -0.4 is 15.8 Å². The average molecular weight is 504 g/mol. The molecule has 2 aromatic rings. The number of hydrogen-bond acceptors (Lipinski definition) is 3. The molecule has 27 heavy (non-hydrogen) atoms. The molecule has 146 valence electrons. The average Bonchev–Trinajstić information content (AvgIpc) is 3.43. The van der Waals surface area contributed by atoms with Gasteiger partial charge in [-0.2, -0.15) is 0 Å². The second-order valence-electron chi connectivity index (χ2n) is 6.22. The number of nitrogens with zero attached hydrogens (tertiary/aromatic N) is 1. The summed E-state index contributed by atoms with van der Waals surface area (Å²) in [6, 6.07) is 12.7. The van der Waals surface area contributed by atoms with E-state index in [1.165, 1.54) is 24.3 Å². The number of aliphatic imine (C=N–C) groups is 1. The highest BCUT2D eigenvalue weighted by molar-refractivity contribution is 14.0. The molecule has 0 aromatic heterocycles. The van der Waals surface area contributed by atoms with Crippen molar-refractivity contribution in [2.45, 2.75) is 36.9 Å². The summed E-state index contributed by atoms with van der Waals surface area (Å²) in [5, 5.41) is 3.08. The molecule has 4 N–H and O–H groups in total. The van der Waals surface area contributed by atoms with Crippen LogP contribution in [0.25, 0.3) is 0 Å². The molecule has 0 radical (unpaired) electrons. The van der Waals surface area contributed by atoms with Crippen molar-refractivity contribution in [3.63, 3.8) is 0 Å². The van der Waals surface area contributed by atoms with Gasteiger partial charge in [-0.3, -0.25) is 0 Å². The third kappa shape index (κ3) is 6.74. The largest absolute Gasteiger partial charge is 0.370 e. The van der Waals surface area contributed by atoms with E-state index in [-0.39, 0.29) is 35.4 Å². The molecule has 0 amide bonds. The normalized spacial score (nSPS) is 14.5. The lowest BCUT2D eigenvalue weighted by Gasteiger charge is -2.08. The molecule has 2 aromatic carbocycles. The van der Waals surface area contributed by atoms with Crippen LogP contribution >= 0.6 is 24.0 Å². The molecule has 0 saturated heterocycles. The Labute approximate surface area is 175 Å². The summed E-state index contributed by atoms with van der Waals surface area (Å²) < 4.78 is 40.6. The molecule has 1 aliphatic carbocycles. The van der Waals surface area contributed by atoms with Gasteiger partial charge in [0.25, 0.3) is 0 Å². The summed E-state index contributed by atoms with van der Waals surface area (Å²) in [7, 11) is -3.71. The van der Waals surface area contributed by atoms with Crippen LogP contribution in [0.4, 0.5) is 4.39 Å². The lowest BCUT2D eigenvalue weighted by Crippen LogP contribution is -2.33. The van der Waals surface area contributed by atoms with E-state index < -0.39 is 15.8 Å². The molecule has 0 bridgehead atoms. The van der Waals surface area contributed by atoms with E-state index in [1.54, 1.807) is 24.3 Å². The van der Waals surface area contributed by atoms with E-state index >= 15 is 0 Å². The molecule has 0 spiro atoms. The summed E-state index contributed by atoms with van der Waals surface area (Å²) in [5.41, 5.74) is 7.07. The van der Waals surface area contributed by atoms with Crippen LogP contribution in [0.5, 0.6) is 0 Å². The van der Waals surface area contributed by atoms with Crippen LogP contribution in [0.3, 0.4) is 0 Å². The number of halogens is 2. The highest BCUT2D eigenvalue weighted by Gasteiger charge is 2.21. The van der Waals surface area contributed by atoms with Gasteiger partial charge in [-0.1, -0.05) is 24.3 Å². The standard InChI is InChI=1S/C18H21FN4O2S.HI/c19-15-5-1-3-13(9-15)12-22-26(24,25)17-6-2-4-14(10-17)11-21-18(20)23-16-7-8-16;/h1-6,9-10,16,22H,7-8,11-12H2,(H3,20,21,23);1H. The van der Waals surface area contributed by atoms with Crippen LogP contribution in [-0.4, -0.2) is 20.4 Å². The number of rotatable bonds is 7. The molecule has 1 saturated carbocycles. The first-order chi connectivity index (χ1) is 12.4. The van der Waals surface area contributed by atoms with Crippen molar-refractivity contribution in [1.82, 2.24) is 10.0 Å². The van der Waals surface area contributed by atoms with Crippen molar-refractivity contribution >= 4 is 40.0 Å². The quantitative estimate of drug-likeness (QED) is 0.307. The Morgan fingerprint density at radius 1 is 1.15 bits per heavy atom. The van der Waals surface area contributed by atoms with Gasteiger partial charge < -0.3 is 11.1 Å². The van der Waals surface area contributed by atoms with Gasteiger partial charge in [0.1, 0.15) is 5.82 Å². The summed E-state index contributed by atoms with van der Waals surface area (Å²) in [6.07, 6.45) is 2.20. The first-order valence-corrected chi connectivity index (χ1v) is 9.80. The van der Waals surface area contributed by atoms with E-state index in [0.717, 1.165) is 18.4 Å². The molecule has 0 heterocycles. The Morgan fingerprint density at radius 3 is 2.56 bits per heavy atom. The molecule has 0 aliphatic heterocycles. The zero-order valence-corrected chi connectivity index (χ0v) is 17.7. The molecule has 6 nitrogen and oxygen atoms in total. The topological polar surface area (TPSA) is 96.6 Å². The number of hydrogen-bond donors (Lipinski definition) is 3. The molecule has 9 heteroatoms. The molecule has 0 atom stereocenters. The maximum absolute atomic E-state index is 13.2. The number of guanidine groups is 1. The minimum atomic E-state index is -3.71. The smallest absolute Gasteiger partial charge is 0.240 e. The van der Waals surface area contributed by atoms with Gasteiger partial charge in [0.05, 0.1) is 11.4 Å². The fraction of sp³-hybridized carbons (Fsp3) is 0.278. The zero-order valence-electron chi connectivity index (χ0n) is 14.6. The second-order valence-corrected chi connectivity index (χ2v) is 7.99. The van der Waals surface area contributed by atoms with Crippen molar-refractivity contribution in [3.8, 4) is 0 Å². The Morgan fingerprint density at radius 2 is 1.85 bits per heavy atom. The maximum Gasteiger partial charge on any atom is 0.240 e. The van der Waals surface area contributed by atoms with Crippen LogP contribution in [0.2, 0.25) is 0 Å². The molecule has 1 fully saturated rings. The van der Waals surface area contributed by atoms with Crippen LogP contribution in [0.15, 0.2) is 58.4 Å². The van der Waals surface area contributed by atoms with Gasteiger partial charge >= 0.3 is 0 Å². The summed E-state index contributed by atoms with van der Waals surface area (Å²) in [6.45, 7) is 0.305. The van der Waals surface area contributed by atoms with E-state index in [1.807, 2.05) is 0 Å². The maximum atomic E-state index is 13.2. The van der Waals surface area contributed by atoms with Gasteiger partial charge in [-0.05, 0) is 48.2 Å². The first kappa shape index (κ1) is 21.6. The number of sulfonamides is 1. The predicted octanol–water partition coefficient (Wildman–Crippen LogP) is 2.49. The zero-order chi connectivity index (χ0) is 18.6. The Kier molecular flexibility index (Phi) is 7.57. The Bertz CT molecular complexity index is 917. The lowest BCUT2D eigenvalue weighted by atomic mass is 10.2. The van der Waals surface area contributed by atoms with E-state index in [4.69, 9.17) is 5.73 Å². The highest BCUT2D eigenvalue weighted by atomic mass is 127. The van der Waals surface area contributed by atoms with Gasteiger partial charge in [-0.25, -0.2) is 22.5 Å². The summed E-state index contributed by atoms with van der Waals surface area (Å²) in [5.74, 6) is -0.0380. The molecular weight excluding hydrogens is 482 g/mol. The third-order valence-corrected chi connectivity index (χ3v) is 5.32. The van der Waals surface area contributed by atoms with Crippen molar-refractivity contribution < 1.29 is 12.8 Å².